The van der Waals surface area contributed by atoms with Crippen molar-refractivity contribution in [2.24, 2.45) is 4.99 Å². The van der Waals surface area contributed by atoms with Crippen LogP contribution in [-0.4, -0.2) is 68.5 Å². The first-order valence-corrected chi connectivity index (χ1v) is 8.36. The SMILES string of the molecule is CN=C(NCCC(=O)N(C)C)N(C)Cc1csc(C(C)OC)n1.I. The quantitative estimate of drug-likeness (QED) is 0.376. The van der Waals surface area contributed by atoms with Crippen molar-refractivity contribution in [3.05, 3.63) is 16.1 Å². The van der Waals surface area contributed by atoms with Gasteiger partial charge in [0.15, 0.2) is 5.96 Å². The number of hydrogen-bond acceptors (Lipinski definition) is 5. The first kappa shape index (κ1) is 23.1. The molecule has 0 aromatic carbocycles. The maximum atomic E-state index is 11.6. The third kappa shape index (κ3) is 7.31. The van der Waals surface area contributed by atoms with E-state index in [1.54, 1.807) is 44.5 Å². The zero-order valence-electron chi connectivity index (χ0n) is 15.2. The van der Waals surface area contributed by atoms with Gasteiger partial charge in [-0.25, -0.2) is 4.98 Å². The molecule has 0 bridgehead atoms. The van der Waals surface area contributed by atoms with E-state index in [9.17, 15) is 4.79 Å². The summed E-state index contributed by atoms with van der Waals surface area (Å²) in [5, 5.41) is 6.20. The number of thiazole rings is 1. The van der Waals surface area contributed by atoms with E-state index >= 15 is 0 Å². The molecule has 24 heavy (non-hydrogen) atoms. The second-order valence-corrected chi connectivity index (χ2v) is 6.31. The number of rotatable bonds is 7. The highest BCUT2D eigenvalue weighted by Crippen LogP contribution is 2.20. The minimum atomic E-state index is 0. The van der Waals surface area contributed by atoms with Crippen LogP contribution in [0.2, 0.25) is 0 Å². The molecule has 0 aliphatic heterocycles. The van der Waals surface area contributed by atoms with Gasteiger partial charge in [-0.1, -0.05) is 0 Å². The Labute approximate surface area is 165 Å². The Kier molecular flexibility index (Phi) is 11.1. The van der Waals surface area contributed by atoms with Crippen LogP contribution in [0.25, 0.3) is 0 Å². The molecule has 1 N–H and O–H groups in total. The lowest BCUT2D eigenvalue weighted by atomic mass is 10.4. The molecular weight excluding hydrogens is 441 g/mol. The third-order valence-electron chi connectivity index (χ3n) is 3.36. The summed E-state index contributed by atoms with van der Waals surface area (Å²) in [5.41, 5.74) is 0.976. The molecule has 1 heterocycles. The van der Waals surface area contributed by atoms with E-state index in [2.05, 4.69) is 15.3 Å². The van der Waals surface area contributed by atoms with Gasteiger partial charge in [0.2, 0.25) is 5.91 Å². The molecule has 0 saturated heterocycles. The number of nitrogens with zero attached hydrogens (tertiary/aromatic N) is 4. The molecule has 0 saturated carbocycles. The summed E-state index contributed by atoms with van der Waals surface area (Å²) in [5.74, 6) is 0.833. The van der Waals surface area contributed by atoms with Crippen molar-refractivity contribution >= 4 is 47.2 Å². The highest BCUT2D eigenvalue weighted by atomic mass is 127. The van der Waals surface area contributed by atoms with Gasteiger partial charge in [-0.3, -0.25) is 9.79 Å². The Balaban J connectivity index is 0.00000529. The van der Waals surface area contributed by atoms with Crippen LogP contribution in [0.4, 0.5) is 0 Å². The fraction of sp³-hybridized carbons (Fsp3) is 0.667. The number of halogens is 1. The lowest BCUT2D eigenvalue weighted by Gasteiger charge is -2.21. The summed E-state index contributed by atoms with van der Waals surface area (Å²) in [7, 11) is 8.86. The predicted octanol–water partition coefficient (Wildman–Crippen LogP) is 1.95. The highest BCUT2D eigenvalue weighted by molar-refractivity contribution is 14.0. The molecule has 1 atom stereocenters. The average molecular weight is 469 g/mol. The summed E-state index contributed by atoms with van der Waals surface area (Å²) < 4.78 is 5.28. The number of hydrogen-bond donors (Lipinski definition) is 1. The fourth-order valence-corrected chi connectivity index (χ4v) is 2.73. The van der Waals surface area contributed by atoms with Crippen LogP contribution in [0.15, 0.2) is 10.4 Å². The molecule has 1 unspecified atom stereocenters. The van der Waals surface area contributed by atoms with Gasteiger partial charge in [-0.15, -0.1) is 35.3 Å². The van der Waals surface area contributed by atoms with Gasteiger partial charge in [0, 0.05) is 53.6 Å². The van der Waals surface area contributed by atoms with Gasteiger partial charge < -0.3 is 19.9 Å². The van der Waals surface area contributed by atoms with Crippen LogP contribution in [0.3, 0.4) is 0 Å². The fourth-order valence-electron chi connectivity index (χ4n) is 1.89. The van der Waals surface area contributed by atoms with Gasteiger partial charge in [-0.2, -0.15) is 0 Å². The monoisotopic (exact) mass is 469 g/mol. The van der Waals surface area contributed by atoms with Crippen molar-refractivity contribution < 1.29 is 9.53 Å². The predicted molar refractivity (Wildman–Crippen MR) is 109 cm³/mol. The molecule has 0 aliphatic carbocycles. The molecule has 9 heteroatoms. The first-order chi connectivity index (χ1) is 10.9. The van der Waals surface area contributed by atoms with E-state index in [-0.39, 0.29) is 36.0 Å². The molecule has 0 aliphatic rings. The van der Waals surface area contributed by atoms with Gasteiger partial charge in [-0.05, 0) is 6.92 Å². The van der Waals surface area contributed by atoms with Gasteiger partial charge in [0.25, 0.3) is 0 Å². The summed E-state index contributed by atoms with van der Waals surface area (Å²) >= 11 is 1.60. The molecular formula is C15H28IN5O2S. The van der Waals surface area contributed by atoms with Crippen molar-refractivity contribution in [1.82, 2.24) is 20.1 Å². The molecule has 1 aromatic rings. The van der Waals surface area contributed by atoms with E-state index in [0.717, 1.165) is 16.7 Å². The first-order valence-electron chi connectivity index (χ1n) is 7.48. The molecule has 0 radical (unpaired) electrons. The molecule has 0 fully saturated rings. The largest absolute Gasteiger partial charge is 0.375 e. The number of aromatic nitrogens is 1. The van der Waals surface area contributed by atoms with E-state index in [0.29, 0.717) is 19.5 Å². The Morgan fingerprint density at radius 2 is 2.12 bits per heavy atom. The summed E-state index contributed by atoms with van der Waals surface area (Å²) in [6, 6.07) is 0. The maximum absolute atomic E-state index is 11.6. The molecule has 1 amide bonds. The smallest absolute Gasteiger partial charge is 0.223 e. The lowest BCUT2D eigenvalue weighted by molar-refractivity contribution is -0.128. The molecule has 0 spiro atoms. The van der Waals surface area contributed by atoms with Crippen molar-refractivity contribution in [2.75, 3.05) is 41.8 Å². The Morgan fingerprint density at radius 1 is 1.46 bits per heavy atom. The van der Waals surface area contributed by atoms with E-state index < -0.39 is 0 Å². The summed E-state index contributed by atoms with van der Waals surface area (Å²) in [4.78, 5) is 24.0. The zero-order chi connectivity index (χ0) is 17.4. The average Bonchev–Trinajstić information content (AvgIpc) is 2.98. The van der Waals surface area contributed by atoms with Gasteiger partial charge >= 0.3 is 0 Å². The summed E-state index contributed by atoms with van der Waals surface area (Å²) in [6.45, 7) is 3.18. The van der Waals surface area contributed by atoms with E-state index in [1.807, 2.05) is 24.3 Å². The number of methoxy groups -OCH3 is 1. The van der Waals surface area contributed by atoms with Gasteiger partial charge in [0.05, 0.1) is 12.2 Å². The number of carbonyl (C=O) groups is 1. The number of ether oxygens (including phenoxy) is 1. The van der Waals surface area contributed by atoms with E-state index in [4.69, 9.17) is 4.74 Å². The highest BCUT2D eigenvalue weighted by Gasteiger charge is 2.13. The molecule has 1 rings (SSSR count). The minimum absolute atomic E-state index is 0. The van der Waals surface area contributed by atoms with E-state index in [1.165, 1.54) is 0 Å². The zero-order valence-corrected chi connectivity index (χ0v) is 18.3. The van der Waals surface area contributed by atoms with Crippen LogP contribution >= 0.6 is 35.3 Å². The Bertz CT molecular complexity index is 536. The van der Waals surface area contributed by atoms with Crippen LogP contribution in [0.5, 0.6) is 0 Å². The van der Waals surface area contributed by atoms with Crippen LogP contribution in [0.1, 0.15) is 30.2 Å². The number of carbonyl (C=O) groups excluding carboxylic acids is 1. The summed E-state index contributed by atoms with van der Waals surface area (Å²) in [6.07, 6.45) is 0.444. The van der Waals surface area contributed by atoms with Crippen molar-refractivity contribution in [2.45, 2.75) is 26.0 Å². The number of nitrogens with one attached hydrogen (secondary N) is 1. The van der Waals surface area contributed by atoms with Crippen molar-refractivity contribution in [1.29, 1.82) is 0 Å². The second kappa shape index (κ2) is 11.6. The second-order valence-electron chi connectivity index (χ2n) is 5.42. The van der Waals surface area contributed by atoms with Gasteiger partial charge in [0.1, 0.15) is 11.1 Å². The maximum Gasteiger partial charge on any atom is 0.223 e. The third-order valence-corrected chi connectivity index (χ3v) is 4.42. The minimum Gasteiger partial charge on any atom is -0.375 e. The molecule has 7 nitrogen and oxygen atoms in total. The Morgan fingerprint density at radius 3 is 2.67 bits per heavy atom. The lowest BCUT2D eigenvalue weighted by Crippen LogP contribution is -2.40. The molecule has 1 aromatic heterocycles. The van der Waals surface area contributed by atoms with Crippen LogP contribution in [-0.2, 0) is 16.1 Å². The van der Waals surface area contributed by atoms with Crippen molar-refractivity contribution in [3.63, 3.8) is 0 Å². The van der Waals surface area contributed by atoms with Crippen LogP contribution < -0.4 is 5.32 Å². The Hall–Kier alpha value is -0.940. The number of aliphatic imine (C=N–C) groups is 1. The van der Waals surface area contributed by atoms with Crippen LogP contribution in [0, 0.1) is 0 Å². The normalized spacial score (nSPS) is 12.3. The topological polar surface area (TPSA) is 70.1 Å². The molecule has 138 valence electrons. The standard InChI is InChI=1S/C15H27N5O2S.HI/c1-11(22-6)14-18-12(10-23-14)9-20(5)15(16-2)17-8-7-13(21)19(3)4;/h10-11H,7-9H2,1-6H3,(H,16,17);1H. The number of amides is 1. The van der Waals surface area contributed by atoms with Crippen molar-refractivity contribution in [3.8, 4) is 0 Å². The number of guanidine groups is 1.